The van der Waals surface area contributed by atoms with Crippen molar-refractivity contribution in [1.82, 2.24) is 0 Å². The van der Waals surface area contributed by atoms with Gasteiger partial charge in [-0.25, -0.2) is 0 Å². The average molecular weight is 267 g/mol. The highest BCUT2D eigenvalue weighted by Crippen LogP contribution is 2.35. The molecule has 1 saturated carbocycles. The van der Waals surface area contributed by atoms with Gasteiger partial charge in [0.25, 0.3) is 0 Å². The molecular formula is C18H21NO. The summed E-state index contributed by atoms with van der Waals surface area (Å²) in [6.07, 6.45) is 4.09. The summed E-state index contributed by atoms with van der Waals surface area (Å²) in [7, 11) is 0. The second-order valence-electron chi connectivity index (χ2n) is 6.03. The molecule has 0 aliphatic heterocycles. The molecule has 0 heterocycles. The van der Waals surface area contributed by atoms with Gasteiger partial charge in [0.1, 0.15) is 0 Å². The molecule has 104 valence electrons. The third kappa shape index (κ3) is 2.99. The van der Waals surface area contributed by atoms with E-state index in [0.717, 1.165) is 24.0 Å². The van der Waals surface area contributed by atoms with Crippen LogP contribution in [0.15, 0.2) is 29.8 Å². The van der Waals surface area contributed by atoms with Crippen LogP contribution in [-0.4, -0.2) is 5.78 Å². The van der Waals surface area contributed by atoms with Crippen LogP contribution in [0.2, 0.25) is 0 Å². The SMILES string of the molecule is CC(C)[C@@H]1CC[C@H](C)C(=Cc2ccc(C#N)cc2)C1=O. The van der Waals surface area contributed by atoms with Crippen LogP contribution in [0.4, 0.5) is 0 Å². The second-order valence-corrected chi connectivity index (χ2v) is 6.03. The summed E-state index contributed by atoms with van der Waals surface area (Å²) in [4.78, 5) is 12.6. The number of rotatable bonds is 2. The Labute approximate surface area is 121 Å². The van der Waals surface area contributed by atoms with E-state index in [2.05, 4.69) is 26.8 Å². The molecule has 1 fully saturated rings. The van der Waals surface area contributed by atoms with Crippen LogP contribution in [-0.2, 0) is 4.79 Å². The van der Waals surface area contributed by atoms with Gasteiger partial charge in [-0.2, -0.15) is 5.26 Å². The Morgan fingerprint density at radius 2 is 1.90 bits per heavy atom. The van der Waals surface area contributed by atoms with Crippen molar-refractivity contribution in [2.24, 2.45) is 17.8 Å². The van der Waals surface area contributed by atoms with E-state index in [1.165, 1.54) is 0 Å². The summed E-state index contributed by atoms with van der Waals surface area (Å²) in [6.45, 7) is 6.37. The zero-order chi connectivity index (χ0) is 14.7. The molecule has 0 spiro atoms. The Hall–Kier alpha value is -1.88. The number of hydrogen-bond acceptors (Lipinski definition) is 2. The van der Waals surface area contributed by atoms with Crippen molar-refractivity contribution in [3.8, 4) is 6.07 Å². The Kier molecular flexibility index (Phi) is 4.39. The summed E-state index contributed by atoms with van der Waals surface area (Å²) in [5.74, 6) is 1.20. The molecule has 2 nitrogen and oxygen atoms in total. The highest BCUT2D eigenvalue weighted by Gasteiger charge is 2.32. The lowest BCUT2D eigenvalue weighted by atomic mass is 9.73. The number of benzene rings is 1. The zero-order valence-electron chi connectivity index (χ0n) is 12.4. The van der Waals surface area contributed by atoms with Crippen molar-refractivity contribution in [3.63, 3.8) is 0 Å². The molecule has 1 aromatic rings. The minimum atomic E-state index is 0.163. The first-order valence-electron chi connectivity index (χ1n) is 7.29. The van der Waals surface area contributed by atoms with E-state index < -0.39 is 0 Å². The standard InChI is InChI=1S/C18H21NO/c1-12(2)16-9-4-13(3)17(18(16)20)10-14-5-7-15(11-19)8-6-14/h5-8,10,12-13,16H,4,9H2,1-3H3/t13-,16-/m0/s1. The lowest BCUT2D eigenvalue weighted by Crippen LogP contribution is -2.30. The highest BCUT2D eigenvalue weighted by atomic mass is 16.1. The van der Waals surface area contributed by atoms with Crippen LogP contribution in [0.5, 0.6) is 0 Å². The van der Waals surface area contributed by atoms with Crippen LogP contribution in [0.1, 0.15) is 44.7 Å². The molecule has 0 bridgehead atoms. The minimum Gasteiger partial charge on any atom is -0.294 e. The quantitative estimate of drug-likeness (QED) is 0.753. The maximum absolute atomic E-state index is 12.6. The smallest absolute Gasteiger partial charge is 0.162 e. The Morgan fingerprint density at radius 1 is 1.25 bits per heavy atom. The third-order valence-electron chi connectivity index (χ3n) is 4.23. The Bertz CT molecular complexity index is 560. The van der Waals surface area contributed by atoms with E-state index in [1.54, 1.807) is 12.1 Å². The van der Waals surface area contributed by atoms with Crippen LogP contribution in [0.25, 0.3) is 6.08 Å². The molecule has 1 aliphatic rings. The largest absolute Gasteiger partial charge is 0.294 e. The molecule has 0 radical (unpaired) electrons. The van der Waals surface area contributed by atoms with Gasteiger partial charge in [-0.15, -0.1) is 0 Å². The number of Topliss-reactive ketones (excluding diaryl/α,β-unsaturated/α-hetero) is 1. The summed E-state index contributed by atoms with van der Waals surface area (Å²) >= 11 is 0. The minimum absolute atomic E-state index is 0.163. The summed E-state index contributed by atoms with van der Waals surface area (Å²) < 4.78 is 0. The molecule has 20 heavy (non-hydrogen) atoms. The van der Waals surface area contributed by atoms with Crippen molar-refractivity contribution < 1.29 is 4.79 Å². The van der Waals surface area contributed by atoms with Crippen molar-refractivity contribution in [1.29, 1.82) is 5.26 Å². The van der Waals surface area contributed by atoms with E-state index in [1.807, 2.05) is 18.2 Å². The number of carbonyl (C=O) groups is 1. The first kappa shape index (κ1) is 14.5. The number of ketones is 1. The fourth-order valence-corrected chi connectivity index (χ4v) is 2.86. The van der Waals surface area contributed by atoms with E-state index in [4.69, 9.17) is 5.26 Å². The van der Waals surface area contributed by atoms with Gasteiger partial charge in [0.05, 0.1) is 11.6 Å². The van der Waals surface area contributed by atoms with E-state index in [0.29, 0.717) is 23.2 Å². The zero-order valence-corrected chi connectivity index (χ0v) is 12.4. The van der Waals surface area contributed by atoms with Gasteiger partial charge in [0.15, 0.2) is 5.78 Å². The van der Waals surface area contributed by atoms with Gasteiger partial charge in [0.2, 0.25) is 0 Å². The molecule has 0 N–H and O–H groups in total. The van der Waals surface area contributed by atoms with E-state index in [-0.39, 0.29) is 5.92 Å². The predicted octanol–water partition coefficient (Wildman–Crippen LogP) is 4.21. The van der Waals surface area contributed by atoms with Gasteiger partial charge in [0, 0.05) is 5.92 Å². The van der Waals surface area contributed by atoms with Crippen LogP contribution in [0.3, 0.4) is 0 Å². The summed E-state index contributed by atoms with van der Waals surface area (Å²) in [5.41, 5.74) is 2.60. The monoisotopic (exact) mass is 267 g/mol. The van der Waals surface area contributed by atoms with Crippen LogP contribution < -0.4 is 0 Å². The van der Waals surface area contributed by atoms with Crippen molar-refractivity contribution in [3.05, 3.63) is 41.0 Å². The molecule has 2 atom stereocenters. The lowest BCUT2D eigenvalue weighted by Gasteiger charge is -2.30. The van der Waals surface area contributed by atoms with Gasteiger partial charge in [-0.3, -0.25) is 4.79 Å². The molecule has 1 aromatic carbocycles. The summed E-state index contributed by atoms with van der Waals surface area (Å²) in [6, 6.07) is 9.52. The van der Waals surface area contributed by atoms with Crippen molar-refractivity contribution in [2.45, 2.75) is 33.6 Å². The second kappa shape index (κ2) is 6.05. The number of carbonyl (C=O) groups excluding carboxylic acids is 1. The average Bonchev–Trinajstić information content (AvgIpc) is 2.43. The Morgan fingerprint density at radius 3 is 2.45 bits per heavy atom. The third-order valence-corrected chi connectivity index (χ3v) is 4.23. The number of nitrogens with zero attached hydrogens (tertiary/aromatic N) is 1. The molecule has 0 saturated heterocycles. The van der Waals surface area contributed by atoms with Crippen LogP contribution in [0, 0.1) is 29.1 Å². The maximum Gasteiger partial charge on any atom is 0.162 e. The fraction of sp³-hybridized carbons (Fsp3) is 0.444. The summed E-state index contributed by atoms with van der Waals surface area (Å²) in [5, 5.41) is 8.81. The van der Waals surface area contributed by atoms with Gasteiger partial charge in [-0.1, -0.05) is 32.9 Å². The predicted molar refractivity (Wildman–Crippen MR) is 80.9 cm³/mol. The number of nitriles is 1. The van der Waals surface area contributed by atoms with Crippen molar-refractivity contribution in [2.75, 3.05) is 0 Å². The maximum atomic E-state index is 12.6. The van der Waals surface area contributed by atoms with Crippen molar-refractivity contribution >= 4 is 11.9 Å². The Balaban J connectivity index is 2.30. The van der Waals surface area contributed by atoms with Gasteiger partial charge < -0.3 is 0 Å². The topological polar surface area (TPSA) is 40.9 Å². The molecule has 2 rings (SSSR count). The molecule has 0 unspecified atom stereocenters. The molecule has 1 aliphatic carbocycles. The number of allylic oxidation sites excluding steroid dienone is 1. The molecule has 0 amide bonds. The van der Waals surface area contributed by atoms with E-state index >= 15 is 0 Å². The molecule has 0 aromatic heterocycles. The van der Waals surface area contributed by atoms with Gasteiger partial charge >= 0.3 is 0 Å². The number of hydrogen-bond donors (Lipinski definition) is 0. The molecular weight excluding hydrogens is 246 g/mol. The molecule has 2 heteroatoms. The highest BCUT2D eigenvalue weighted by molar-refractivity contribution is 6.02. The van der Waals surface area contributed by atoms with E-state index in [9.17, 15) is 4.79 Å². The fourth-order valence-electron chi connectivity index (χ4n) is 2.86. The van der Waals surface area contributed by atoms with Crippen LogP contribution >= 0.6 is 0 Å². The normalized spacial score (nSPS) is 24.9. The first-order chi connectivity index (χ1) is 9.52. The lowest BCUT2D eigenvalue weighted by molar-refractivity contribution is -0.122. The first-order valence-corrected chi connectivity index (χ1v) is 7.29. The van der Waals surface area contributed by atoms with Gasteiger partial charge in [-0.05, 0) is 54.0 Å².